The van der Waals surface area contributed by atoms with Crippen LogP contribution in [0.3, 0.4) is 0 Å². The third-order valence-corrected chi connectivity index (χ3v) is 4.30. The molecule has 1 unspecified atom stereocenters. The van der Waals surface area contributed by atoms with Crippen LogP contribution in [-0.4, -0.2) is 53.5 Å². The topological polar surface area (TPSA) is 81.8 Å². The summed E-state index contributed by atoms with van der Waals surface area (Å²) in [6.45, 7) is 8.81. The molecule has 0 amide bonds. The molecule has 0 aromatic rings. The summed E-state index contributed by atoms with van der Waals surface area (Å²) < 4.78 is 11.2. The molecule has 0 aliphatic rings. The summed E-state index contributed by atoms with van der Waals surface area (Å²) >= 11 is 1.55. The molecule has 5 nitrogen and oxygen atoms in total. The summed E-state index contributed by atoms with van der Waals surface area (Å²) in [6, 6.07) is -0.786. The number of hydrogen-bond acceptors (Lipinski definition) is 5. The van der Waals surface area contributed by atoms with E-state index < -0.39 is 12.0 Å². The van der Waals surface area contributed by atoms with Crippen LogP contribution in [0, 0.1) is 0 Å². The molecule has 0 rings (SSSR count). The van der Waals surface area contributed by atoms with Crippen molar-refractivity contribution in [3.05, 3.63) is 0 Å². The van der Waals surface area contributed by atoms with Crippen molar-refractivity contribution in [1.29, 1.82) is 0 Å². The van der Waals surface area contributed by atoms with Crippen LogP contribution in [0.15, 0.2) is 0 Å². The van der Waals surface area contributed by atoms with Crippen LogP contribution in [0.1, 0.15) is 40.5 Å². The number of methoxy groups -OCH3 is 1. The van der Waals surface area contributed by atoms with Gasteiger partial charge in [-0.3, -0.25) is 4.79 Å². The van der Waals surface area contributed by atoms with E-state index in [-0.39, 0.29) is 11.2 Å². The Balaban J connectivity index is 3.82. The van der Waals surface area contributed by atoms with E-state index in [9.17, 15) is 4.79 Å². The Morgan fingerprint density at radius 2 is 1.85 bits per heavy atom. The van der Waals surface area contributed by atoms with Crippen molar-refractivity contribution in [3.8, 4) is 0 Å². The fraction of sp³-hybridized carbons (Fsp3) is 0.929. The quantitative estimate of drug-likeness (QED) is 0.569. The van der Waals surface area contributed by atoms with Gasteiger partial charge in [-0.1, -0.05) is 0 Å². The van der Waals surface area contributed by atoms with Gasteiger partial charge in [-0.15, -0.1) is 0 Å². The Morgan fingerprint density at radius 3 is 2.35 bits per heavy atom. The average Bonchev–Trinajstić information content (AvgIpc) is 2.33. The van der Waals surface area contributed by atoms with Crippen molar-refractivity contribution in [2.24, 2.45) is 5.73 Å². The molecule has 0 aromatic carbocycles. The van der Waals surface area contributed by atoms with Crippen molar-refractivity contribution < 1.29 is 19.4 Å². The van der Waals surface area contributed by atoms with Gasteiger partial charge in [0.1, 0.15) is 6.04 Å². The number of hydrogen-bond donors (Lipinski definition) is 2. The standard InChI is InChI=1S/C14H29NO4S/c1-13(2,18-5)6-8-19-14(3,4)7-9-20-10-11(15)12(16)17/h11H,6-10,15H2,1-5H3,(H,16,17). The van der Waals surface area contributed by atoms with Gasteiger partial charge in [0.05, 0.1) is 17.8 Å². The first kappa shape index (κ1) is 19.7. The van der Waals surface area contributed by atoms with Crippen molar-refractivity contribution >= 4 is 17.7 Å². The van der Waals surface area contributed by atoms with Crippen LogP contribution in [0.2, 0.25) is 0 Å². The zero-order valence-electron chi connectivity index (χ0n) is 13.3. The van der Waals surface area contributed by atoms with E-state index in [1.54, 1.807) is 18.9 Å². The Labute approximate surface area is 126 Å². The maximum atomic E-state index is 10.6. The lowest BCUT2D eigenvalue weighted by Crippen LogP contribution is -2.33. The number of aliphatic carboxylic acids is 1. The van der Waals surface area contributed by atoms with Gasteiger partial charge >= 0.3 is 5.97 Å². The predicted molar refractivity (Wildman–Crippen MR) is 83.3 cm³/mol. The molecule has 0 aromatic heterocycles. The van der Waals surface area contributed by atoms with E-state index in [0.717, 1.165) is 18.6 Å². The van der Waals surface area contributed by atoms with Crippen molar-refractivity contribution in [2.45, 2.75) is 57.8 Å². The molecule has 0 aliphatic carbocycles. The summed E-state index contributed by atoms with van der Waals surface area (Å²) in [6.07, 6.45) is 1.70. The molecule has 0 aliphatic heterocycles. The summed E-state index contributed by atoms with van der Waals surface area (Å²) in [5, 5.41) is 8.68. The first-order valence-electron chi connectivity index (χ1n) is 6.85. The molecule has 0 spiro atoms. The first-order valence-corrected chi connectivity index (χ1v) is 8.00. The normalized spacial score (nSPS) is 14.3. The minimum absolute atomic E-state index is 0.168. The van der Waals surface area contributed by atoms with E-state index >= 15 is 0 Å². The number of rotatable bonds is 11. The fourth-order valence-electron chi connectivity index (χ4n) is 1.35. The first-order chi connectivity index (χ1) is 9.09. The molecule has 6 heteroatoms. The lowest BCUT2D eigenvalue weighted by atomic mass is 10.0. The van der Waals surface area contributed by atoms with E-state index in [4.69, 9.17) is 20.3 Å². The molecule has 3 N–H and O–H groups in total. The second-order valence-electron chi connectivity index (χ2n) is 6.09. The van der Waals surface area contributed by atoms with E-state index in [1.807, 2.05) is 27.7 Å². The van der Waals surface area contributed by atoms with Crippen molar-refractivity contribution in [2.75, 3.05) is 25.2 Å². The van der Waals surface area contributed by atoms with Gasteiger partial charge in [0.15, 0.2) is 0 Å². The van der Waals surface area contributed by atoms with Gasteiger partial charge < -0.3 is 20.3 Å². The van der Waals surface area contributed by atoms with Crippen LogP contribution in [0.5, 0.6) is 0 Å². The van der Waals surface area contributed by atoms with Crippen LogP contribution >= 0.6 is 11.8 Å². The van der Waals surface area contributed by atoms with Gasteiger partial charge in [-0.05, 0) is 46.3 Å². The Morgan fingerprint density at radius 1 is 1.25 bits per heavy atom. The van der Waals surface area contributed by atoms with Crippen LogP contribution in [0.25, 0.3) is 0 Å². The highest BCUT2D eigenvalue weighted by atomic mass is 32.2. The van der Waals surface area contributed by atoms with Crippen LogP contribution < -0.4 is 5.73 Å². The van der Waals surface area contributed by atoms with Crippen LogP contribution in [0.4, 0.5) is 0 Å². The molecule has 0 radical (unpaired) electrons. The van der Waals surface area contributed by atoms with Crippen LogP contribution in [-0.2, 0) is 14.3 Å². The molecule has 0 bridgehead atoms. The summed E-state index contributed by atoms with van der Waals surface area (Å²) in [4.78, 5) is 10.6. The summed E-state index contributed by atoms with van der Waals surface area (Å²) in [7, 11) is 1.70. The SMILES string of the molecule is COC(C)(C)CCOC(C)(C)CCSCC(N)C(=O)O. The Kier molecular flexibility index (Phi) is 8.74. The zero-order valence-corrected chi connectivity index (χ0v) is 14.1. The smallest absolute Gasteiger partial charge is 0.321 e. The predicted octanol–water partition coefficient (Wildman–Crippen LogP) is 2.13. The number of nitrogens with two attached hydrogens (primary N) is 1. The lowest BCUT2D eigenvalue weighted by Gasteiger charge is -2.28. The van der Waals surface area contributed by atoms with Gasteiger partial charge in [-0.25, -0.2) is 0 Å². The average molecular weight is 307 g/mol. The highest BCUT2D eigenvalue weighted by Crippen LogP contribution is 2.21. The summed E-state index contributed by atoms with van der Waals surface area (Å²) in [5.41, 5.74) is 5.06. The number of carboxylic acids is 1. The zero-order chi connectivity index (χ0) is 15.8. The van der Waals surface area contributed by atoms with E-state index in [1.165, 1.54) is 0 Å². The maximum absolute atomic E-state index is 10.6. The summed E-state index contributed by atoms with van der Waals surface area (Å²) in [5.74, 6) is 0.318. The molecular formula is C14H29NO4S. The van der Waals surface area contributed by atoms with Crippen molar-refractivity contribution in [3.63, 3.8) is 0 Å². The van der Waals surface area contributed by atoms with Gasteiger partial charge in [0.2, 0.25) is 0 Å². The number of carbonyl (C=O) groups is 1. The van der Waals surface area contributed by atoms with E-state index in [2.05, 4.69) is 0 Å². The second-order valence-corrected chi connectivity index (χ2v) is 7.24. The molecule has 0 saturated carbocycles. The Bertz CT molecular complexity index is 295. The highest BCUT2D eigenvalue weighted by Gasteiger charge is 2.22. The minimum atomic E-state index is -0.949. The number of carboxylic acid groups (broad SMARTS) is 1. The largest absolute Gasteiger partial charge is 0.480 e. The minimum Gasteiger partial charge on any atom is -0.480 e. The second kappa shape index (κ2) is 8.87. The molecule has 0 fully saturated rings. The van der Waals surface area contributed by atoms with Gasteiger partial charge in [-0.2, -0.15) is 11.8 Å². The molecule has 0 saturated heterocycles. The lowest BCUT2D eigenvalue weighted by molar-refractivity contribution is -0.137. The molecule has 20 heavy (non-hydrogen) atoms. The van der Waals surface area contributed by atoms with Crippen molar-refractivity contribution in [1.82, 2.24) is 0 Å². The van der Waals surface area contributed by atoms with E-state index in [0.29, 0.717) is 12.4 Å². The van der Waals surface area contributed by atoms with Gasteiger partial charge in [0, 0.05) is 12.9 Å². The van der Waals surface area contributed by atoms with Gasteiger partial charge in [0.25, 0.3) is 0 Å². The third-order valence-electron chi connectivity index (χ3n) is 3.21. The number of ether oxygens (including phenoxy) is 2. The maximum Gasteiger partial charge on any atom is 0.321 e. The highest BCUT2D eigenvalue weighted by molar-refractivity contribution is 7.99. The fourth-order valence-corrected chi connectivity index (χ4v) is 2.55. The Hall–Kier alpha value is -0.300. The number of thioether (sulfide) groups is 1. The molecule has 0 heterocycles. The monoisotopic (exact) mass is 307 g/mol. The molecule has 1 atom stereocenters. The molecular weight excluding hydrogens is 278 g/mol. The molecule has 120 valence electrons. The third kappa shape index (κ3) is 9.58.